The number of nitrogens with two attached hydrogens (primary N) is 1. The molecule has 0 unspecified atom stereocenters. The Bertz CT molecular complexity index is 485. The van der Waals surface area contributed by atoms with Crippen LogP contribution in [0.2, 0.25) is 5.02 Å². The molecule has 1 aliphatic rings. The first-order valence-electron chi connectivity index (χ1n) is 6.00. The fourth-order valence-electron chi connectivity index (χ4n) is 1.77. The first-order valence-corrected chi connectivity index (χ1v) is 6.38. The van der Waals surface area contributed by atoms with Crippen LogP contribution in [0, 0.1) is 0 Å². The van der Waals surface area contributed by atoms with Crippen LogP contribution in [0.5, 0.6) is 0 Å². The predicted octanol–water partition coefficient (Wildman–Crippen LogP) is 1.48. The number of pyridine rings is 1. The molecule has 0 spiro atoms. The van der Waals surface area contributed by atoms with E-state index < -0.39 is 0 Å². The number of hydrogen-bond acceptors (Lipinski definition) is 4. The molecule has 0 atom stereocenters. The second-order valence-electron chi connectivity index (χ2n) is 4.43. The number of rotatable bonds is 5. The maximum absolute atomic E-state index is 12.3. The molecule has 6 nitrogen and oxygen atoms in total. The lowest BCUT2D eigenvalue weighted by molar-refractivity contribution is 0.0741. The van der Waals surface area contributed by atoms with Gasteiger partial charge in [-0.3, -0.25) is 4.79 Å². The largest absolute Gasteiger partial charge is 0.409 e. The number of oxime groups is 1. The van der Waals surface area contributed by atoms with Crippen molar-refractivity contribution in [3.05, 3.63) is 29.0 Å². The van der Waals surface area contributed by atoms with E-state index in [-0.39, 0.29) is 17.8 Å². The summed E-state index contributed by atoms with van der Waals surface area (Å²) in [6.07, 6.45) is 3.75. The quantitative estimate of drug-likeness (QED) is 0.370. The SMILES string of the molecule is NC(CCN(C(=O)c1ccc(Cl)cn1)C1CC1)=NO. The molecule has 1 saturated carbocycles. The third-order valence-electron chi connectivity index (χ3n) is 2.93. The molecule has 1 aromatic heterocycles. The summed E-state index contributed by atoms with van der Waals surface area (Å²) < 4.78 is 0. The number of amides is 1. The van der Waals surface area contributed by atoms with Crippen molar-refractivity contribution in [2.24, 2.45) is 10.9 Å². The Balaban J connectivity index is 2.06. The third-order valence-corrected chi connectivity index (χ3v) is 3.16. The molecular formula is C12H15ClN4O2. The summed E-state index contributed by atoms with van der Waals surface area (Å²) in [6.45, 7) is 0.420. The van der Waals surface area contributed by atoms with E-state index in [2.05, 4.69) is 10.1 Å². The summed E-state index contributed by atoms with van der Waals surface area (Å²) >= 11 is 5.74. The molecule has 0 radical (unpaired) electrons. The van der Waals surface area contributed by atoms with Crippen molar-refractivity contribution >= 4 is 23.3 Å². The monoisotopic (exact) mass is 282 g/mol. The molecule has 19 heavy (non-hydrogen) atoms. The topological polar surface area (TPSA) is 91.8 Å². The van der Waals surface area contributed by atoms with Gasteiger partial charge in [0.2, 0.25) is 0 Å². The highest BCUT2D eigenvalue weighted by atomic mass is 35.5. The molecule has 1 aliphatic carbocycles. The molecule has 0 aliphatic heterocycles. The molecule has 102 valence electrons. The van der Waals surface area contributed by atoms with Crippen molar-refractivity contribution in [1.82, 2.24) is 9.88 Å². The second kappa shape index (κ2) is 5.88. The van der Waals surface area contributed by atoms with Gasteiger partial charge in [0, 0.05) is 25.2 Å². The fraction of sp³-hybridized carbons (Fsp3) is 0.417. The Labute approximate surface area is 115 Å². The van der Waals surface area contributed by atoms with Gasteiger partial charge in [-0.1, -0.05) is 16.8 Å². The molecule has 1 aromatic rings. The lowest BCUT2D eigenvalue weighted by Crippen LogP contribution is -2.36. The van der Waals surface area contributed by atoms with Gasteiger partial charge < -0.3 is 15.8 Å². The number of nitrogens with zero attached hydrogens (tertiary/aromatic N) is 3. The van der Waals surface area contributed by atoms with E-state index in [9.17, 15) is 4.79 Å². The van der Waals surface area contributed by atoms with E-state index in [1.165, 1.54) is 6.20 Å². The van der Waals surface area contributed by atoms with Gasteiger partial charge in [-0.2, -0.15) is 0 Å². The number of amidine groups is 1. The Hall–Kier alpha value is -1.82. The standard InChI is InChI=1S/C12H15ClN4O2/c13-8-1-4-10(15-7-8)12(18)17(9-2-3-9)6-5-11(14)16-19/h1,4,7,9,19H,2-3,5-6H2,(H2,14,16). The van der Waals surface area contributed by atoms with Gasteiger partial charge in [-0.25, -0.2) is 4.98 Å². The summed E-state index contributed by atoms with van der Waals surface area (Å²) in [5.74, 6) is -0.0348. The summed E-state index contributed by atoms with van der Waals surface area (Å²) in [5, 5.41) is 11.9. The molecule has 0 saturated heterocycles. The highest BCUT2D eigenvalue weighted by molar-refractivity contribution is 6.30. The molecule has 1 amide bonds. The van der Waals surface area contributed by atoms with Crippen LogP contribution in [-0.4, -0.2) is 39.4 Å². The molecule has 2 rings (SSSR count). The normalized spacial score (nSPS) is 15.3. The summed E-state index contributed by atoms with van der Waals surface area (Å²) in [6, 6.07) is 3.47. The summed E-state index contributed by atoms with van der Waals surface area (Å²) in [4.78, 5) is 18.1. The van der Waals surface area contributed by atoms with Gasteiger partial charge in [0.25, 0.3) is 5.91 Å². The van der Waals surface area contributed by atoms with Gasteiger partial charge >= 0.3 is 0 Å². The lowest BCUT2D eigenvalue weighted by Gasteiger charge is -2.21. The zero-order chi connectivity index (χ0) is 13.8. The van der Waals surface area contributed by atoms with Crippen LogP contribution < -0.4 is 5.73 Å². The van der Waals surface area contributed by atoms with Crippen molar-refractivity contribution in [2.75, 3.05) is 6.54 Å². The second-order valence-corrected chi connectivity index (χ2v) is 4.87. The summed E-state index contributed by atoms with van der Waals surface area (Å²) in [7, 11) is 0. The Morgan fingerprint density at radius 2 is 2.32 bits per heavy atom. The van der Waals surface area contributed by atoms with Gasteiger partial charge in [-0.15, -0.1) is 0 Å². The molecule has 0 bridgehead atoms. The molecular weight excluding hydrogens is 268 g/mol. The predicted molar refractivity (Wildman–Crippen MR) is 71.3 cm³/mol. The van der Waals surface area contributed by atoms with E-state index in [4.69, 9.17) is 22.5 Å². The minimum absolute atomic E-state index is 0.113. The zero-order valence-corrected chi connectivity index (χ0v) is 11.0. The van der Waals surface area contributed by atoms with Gasteiger partial charge in [-0.05, 0) is 25.0 Å². The van der Waals surface area contributed by atoms with Crippen molar-refractivity contribution in [2.45, 2.75) is 25.3 Å². The van der Waals surface area contributed by atoms with Crippen molar-refractivity contribution < 1.29 is 10.0 Å². The minimum atomic E-state index is -0.148. The van der Waals surface area contributed by atoms with Crippen LogP contribution in [0.3, 0.4) is 0 Å². The first-order chi connectivity index (χ1) is 9.11. The van der Waals surface area contributed by atoms with E-state index in [1.54, 1.807) is 17.0 Å². The van der Waals surface area contributed by atoms with E-state index in [1.807, 2.05) is 0 Å². The highest BCUT2D eigenvalue weighted by Crippen LogP contribution is 2.28. The Kier molecular flexibility index (Phi) is 4.21. The zero-order valence-electron chi connectivity index (χ0n) is 10.3. The van der Waals surface area contributed by atoms with E-state index in [0.29, 0.717) is 23.7 Å². The molecule has 1 fully saturated rings. The van der Waals surface area contributed by atoms with Crippen LogP contribution in [0.4, 0.5) is 0 Å². The lowest BCUT2D eigenvalue weighted by atomic mass is 10.2. The Morgan fingerprint density at radius 1 is 1.58 bits per heavy atom. The number of aromatic nitrogens is 1. The Morgan fingerprint density at radius 3 is 2.84 bits per heavy atom. The van der Waals surface area contributed by atoms with Crippen molar-refractivity contribution in [1.29, 1.82) is 0 Å². The average molecular weight is 283 g/mol. The smallest absolute Gasteiger partial charge is 0.272 e. The number of halogens is 1. The van der Waals surface area contributed by atoms with E-state index in [0.717, 1.165) is 12.8 Å². The van der Waals surface area contributed by atoms with Crippen LogP contribution in [0.1, 0.15) is 29.8 Å². The van der Waals surface area contributed by atoms with Crippen LogP contribution >= 0.6 is 11.6 Å². The number of carbonyl (C=O) groups excluding carboxylic acids is 1. The van der Waals surface area contributed by atoms with Gasteiger partial charge in [0.1, 0.15) is 11.5 Å². The van der Waals surface area contributed by atoms with E-state index >= 15 is 0 Å². The molecule has 3 N–H and O–H groups in total. The highest BCUT2D eigenvalue weighted by Gasteiger charge is 2.33. The first kappa shape index (κ1) is 13.6. The van der Waals surface area contributed by atoms with Crippen LogP contribution in [-0.2, 0) is 0 Å². The van der Waals surface area contributed by atoms with Crippen LogP contribution in [0.15, 0.2) is 23.5 Å². The van der Waals surface area contributed by atoms with Crippen molar-refractivity contribution in [3.8, 4) is 0 Å². The molecule has 1 heterocycles. The number of carbonyl (C=O) groups is 1. The van der Waals surface area contributed by atoms with Gasteiger partial charge in [0.15, 0.2) is 0 Å². The fourth-order valence-corrected chi connectivity index (χ4v) is 1.88. The average Bonchev–Trinajstić information content (AvgIpc) is 3.24. The maximum atomic E-state index is 12.3. The van der Waals surface area contributed by atoms with Crippen molar-refractivity contribution in [3.63, 3.8) is 0 Å². The summed E-state index contributed by atoms with van der Waals surface area (Å²) in [5.41, 5.74) is 5.79. The van der Waals surface area contributed by atoms with Gasteiger partial charge in [0.05, 0.1) is 5.02 Å². The number of hydrogen-bond donors (Lipinski definition) is 2. The maximum Gasteiger partial charge on any atom is 0.272 e. The van der Waals surface area contributed by atoms with Crippen LogP contribution in [0.25, 0.3) is 0 Å². The molecule has 7 heteroatoms. The third kappa shape index (κ3) is 3.57. The molecule has 0 aromatic carbocycles. The minimum Gasteiger partial charge on any atom is -0.409 e.